The van der Waals surface area contributed by atoms with Crippen molar-refractivity contribution >= 4 is 17.7 Å². The van der Waals surface area contributed by atoms with E-state index in [-0.39, 0.29) is 23.7 Å². The minimum Gasteiger partial charge on any atom is -0.338 e. The number of alkyl halides is 3. The van der Waals surface area contributed by atoms with Gasteiger partial charge in [-0.3, -0.25) is 0 Å². The van der Waals surface area contributed by atoms with E-state index in [2.05, 4.69) is 16.0 Å². The van der Waals surface area contributed by atoms with Crippen LogP contribution in [0.3, 0.4) is 0 Å². The lowest BCUT2D eigenvalue weighted by atomic mass is 9.96. The third-order valence-corrected chi connectivity index (χ3v) is 6.37. The number of rotatable bonds is 4. The Bertz CT molecular complexity index is 756. The number of urea groups is 2. The number of amides is 4. The first kappa shape index (κ1) is 24.2. The zero-order valence-corrected chi connectivity index (χ0v) is 18.3. The maximum absolute atomic E-state index is 13.1. The Morgan fingerprint density at radius 1 is 0.938 bits per heavy atom. The molecule has 6 nitrogen and oxygen atoms in total. The van der Waals surface area contributed by atoms with Gasteiger partial charge in [-0.2, -0.15) is 13.2 Å². The molecule has 4 amide bonds. The number of carbonyl (C=O) groups excluding carboxylic acids is 2. The molecule has 1 saturated carbocycles. The number of para-hydroxylation sites is 1. The summed E-state index contributed by atoms with van der Waals surface area (Å²) in [4.78, 5) is 26.2. The monoisotopic (exact) mass is 454 g/mol. The Kier molecular flexibility index (Phi) is 8.64. The van der Waals surface area contributed by atoms with Gasteiger partial charge in [-0.25, -0.2) is 9.59 Å². The van der Waals surface area contributed by atoms with Crippen molar-refractivity contribution < 1.29 is 22.8 Å². The van der Waals surface area contributed by atoms with E-state index in [0.29, 0.717) is 32.5 Å². The quantitative estimate of drug-likeness (QED) is 0.573. The molecule has 2 fully saturated rings. The standard InChI is InChI=1S/C23H33F3N4O2/c24-23(25,26)19-10-6-7-11-20(19)29-22(32)30-14-12-17(13-15-30)16-27-21(31)28-18-8-4-2-1-3-5-9-18/h6-7,10-11,17-18H,1-5,8-9,12-16H2,(H,29,32)(H2,27,28,31). The first-order valence-corrected chi connectivity index (χ1v) is 11.6. The highest BCUT2D eigenvalue weighted by atomic mass is 19.4. The van der Waals surface area contributed by atoms with Gasteiger partial charge in [0.1, 0.15) is 0 Å². The zero-order valence-electron chi connectivity index (χ0n) is 18.3. The molecule has 1 heterocycles. The summed E-state index contributed by atoms with van der Waals surface area (Å²) in [5.41, 5.74) is -1.09. The van der Waals surface area contributed by atoms with Gasteiger partial charge >= 0.3 is 18.2 Å². The van der Waals surface area contributed by atoms with Gasteiger partial charge in [0.05, 0.1) is 11.3 Å². The number of hydrogen-bond acceptors (Lipinski definition) is 2. The number of carbonyl (C=O) groups is 2. The summed E-state index contributed by atoms with van der Waals surface area (Å²) < 4.78 is 39.4. The van der Waals surface area contributed by atoms with Gasteiger partial charge in [0.2, 0.25) is 0 Å². The lowest BCUT2D eigenvalue weighted by molar-refractivity contribution is -0.136. The highest BCUT2D eigenvalue weighted by molar-refractivity contribution is 5.90. The molecule has 0 radical (unpaired) electrons. The average Bonchev–Trinajstić information content (AvgIpc) is 2.74. The predicted octanol–water partition coefficient (Wildman–Crippen LogP) is 5.36. The summed E-state index contributed by atoms with van der Waals surface area (Å²) in [6.45, 7) is 1.41. The molecule has 9 heteroatoms. The van der Waals surface area contributed by atoms with Crippen LogP contribution in [-0.4, -0.2) is 42.6 Å². The van der Waals surface area contributed by atoms with E-state index in [1.54, 1.807) is 0 Å². The second-order valence-electron chi connectivity index (χ2n) is 8.80. The minimum absolute atomic E-state index is 0.139. The van der Waals surface area contributed by atoms with E-state index in [1.165, 1.54) is 42.4 Å². The fourth-order valence-electron chi connectivity index (χ4n) is 4.45. The minimum atomic E-state index is -4.53. The molecule has 1 aromatic carbocycles. The molecule has 0 aromatic heterocycles. The lowest BCUT2D eigenvalue weighted by Crippen LogP contribution is -2.46. The van der Waals surface area contributed by atoms with Crippen LogP contribution in [-0.2, 0) is 6.18 Å². The van der Waals surface area contributed by atoms with Crippen molar-refractivity contribution in [3.8, 4) is 0 Å². The normalized spacial score (nSPS) is 19.0. The van der Waals surface area contributed by atoms with E-state index < -0.39 is 17.8 Å². The number of benzene rings is 1. The second kappa shape index (κ2) is 11.4. The Balaban J connectivity index is 1.39. The fourth-order valence-corrected chi connectivity index (χ4v) is 4.45. The molecular formula is C23H33F3N4O2. The van der Waals surface area contributed by atoms with Gasteiger partial charge in [0.25, 0.3) is 0 Å². The number of hydrogen-bond donors (Lipinski definition) is 3. The van der Waals surface area contributed by atoms with Crippen LogP contribution in [0.2, 0.25) is 0 Å². The number of likely N-dealkylation sites (tertiary alicyclic amines) is 1. The van der Waals surface area contributed by atoms with Gasteiger partial charge in [0.15, 0.2) is 0 Å². The first-order valence-electron chi connectivity index (χ1n) is 11.6. The van der Waals surface area contributed by atoms with Crippen LogP contribution < -0.4 is 16.0 Å². The first-order chi connectivity index (χ1) is 15.3. The van der Waals surface area contributed by atoms with Crippen LogP contribution in [0.1, 0.15) is 63.4 Å². The van der Waals surface area contributed by atoms with Crippen molar-refractivity contribution in [2.45, 2.75) is 70.0 Å². The number of nitrogens with one attached hydrogen (secondary N) is 3. The number of halogens is 3. The highest BCUT2D eigenvalue weighted by Gasteiger charge is 2.34. The van der Waals surface area contributed by atoms with Crippen LogP contribution in [0.4, 0.5) is 28.4 Å². The molecule has 2 aliphatic rings. The summed E-state index contributed by atoms with van der Waals surface area (Å²) in [5.74, 6) is 0.240. The third kappa shape index (κ3) is 7.31. The lowest BCUT2D eigenvalue weighted by Gasteiger charge is -2.32. The largest absolute Gasteiger partial charge is 0.418 e. The van der Waals surface area contributed by atoms with Crippen LogP contribution in [0.5, 0.6) is 0 Å². The van der Waals surface area contributed by atoms with Gasteiger partial charge in [-0.1, -0.05) is 44.2 Å². The summed E-state index contributed by atoms with van der Waals surface area (Å²) in [7, 11) is 0. The van der Waals surface area contributed by atoms with E-state index >= 15 is 0 Å². The van der Waals surface area contributed by atoms with Crippen LogP contribution in [0.25, 0.3) is 0 Å². The Labute approximate surface area is 187 Å². The summed E-state index contributed by atoms with van der Waals surface area (Å²) in [6, 6.07) is 4.53. The smallest absolute Gasteiger partial charge is 0.338 e. The number of anilines is 1. The van der Waals surface area contributed by atoms with Gasteiger partial charge in [0, 0.05) is 25.7 Å². The SMILES string of the molecule is O=C(NCC1CCN(C(=O)Nc2ccccc2C(F)(F)F)CC1)NC1CCCCCCC1. The zero-order chi connectivity index (χ0) is 23.0. The molecule has 0 unspecified atom stereocenters. The molecular weight excluding hydrogens is 421 g/mol. The number of piperidine rings is 1. The molecule has 3 N–H and O–H groups in total. The molecule has 1 aliphatic carbocycles. The van der Waals surface area contributed by atoms with Crippen LogP contribution >= 0.6 is 0 Å². The molecule has 1 saturated heterocycles. The van der Waals surface area contributed by atoms with Crippen molar-refractivity contribution in [3.63, 3.8) is 0 Å². The molecule has 0 spiro atoms. The van der Waals surface area contributed by atoms with E-state index in [1.807, 2.05) is 0 Å². The van der Waals surface area contributed by atoms with E-state index in [9.17, 15) is 22.8 Å². The maximum Gasteiger partial charge on any atom is 0.418 e. The molecule has 1 aliphatic heterocycles. The van der Waals surface area contributed by atoms with Crippen LogP contribution in [0, 0.1) is 5.92 Å². The van der Waals surface area contributed by atoms with Crippen molar-refractivity contribution in [1.82, 2.24) is 15.5 Å². The van der Waals surface area contributed by atoms with Gasteiger partial charge in [-0.15, -0.1) is 0 Å². The number of nitrogens with zero attached hydrogens (tertiary/aromatic N) is 1. The van der Waals surface area contributed by atoms with Crippen LogP contribution in [0.15, 0.2) is 24.3 Å². The Morgan fingerprint density at radius 2 is 1.56 bits per heavy atom. The van der Waals surface area contributed by atoms with Gasteiger partial charge in [-0.05, 0) is 43.7 Å². The third-order valence-electron chi connectivity index (χ3n) is 6.37. The Morgan fingerprint density at radius 3 is 2.22 bits per heavy atom. The van der Waals surface area contributed by atoms with Crippen molar-refractivity contribution in [3.05, 3.63) is 29.8 Å². The van der Waals surface area contributed by atoms with Gasteiger partial charge < -0.3 is 20.9 Å². The maximum atomic E-state index is 13.1. The van der Waals surface area contributed by atoms with Crippen molar-refractivity contribution in [1.29, 1.82) is 0 Å². The molecule has 1 aromatic rings. The van der Waals surface area contributed by atoms with Crippen molar-refractivity contribution in [2.75, 3.05) is 25.0 Å². The summed E-state index contributed by atoms with van der Waals surface area (Å²) >= 11 is 0. The highest BCUT2D eigenvalue weighted by Crippen LogP contribution is 2.34. The average molecular weight is 455 g/mol. The molecule has 0 bridgehead atoms. The molecule has 0 atom stereocenters. The molecule has 178 valence electrons. The van der Waals surface area contributed by atoms with E-state index in [0.717, 1.165) is 31.7 Å². The summed E-state index contributed by atoms with van der Waals surface area (Å²) in [5, 5.41) is 8.43. The molecule has 3 rings (SSSR count). The predicted molar refractivity (Wildman–Crippen MR) is 117 cm³/mol. The van der Waals surface area contributed by atoms with E-state index in [4.69, 9.17) is 0 Å². The topological polar surface area (TPSA) is 73.5 Å². The Hall–Kier alpha value is -2.45. The van der Waals surface area contributed by atoms with Crippen molar-refractivity contribution in [2.24, 2.45) is 5.92 Å². The second-order valence-corrected chi connectivity index (χ2v) is 8.80. The summed E-state index contributed by atoms with van der Waals surface area (Å²) in [6.07, 6.45) is 4.95. The fraction of sp³-hybridized carbons (Fsp3) is 0.652. The molecule has 32 heavy (non-hydrogen) atoms.